The molecule has 0 radical (unpaired) electrons. The number of methoxy groups -OCH3 is 1. The standard InChI is InChI=1S/C31H34FN3O2/c1-3-33-16-18-34(19-17-33)31(36)20-27(25-8-4-6-10-29(25)32)28-22-35(30-11-7-5-9-26(28)30)21-23-12-14-24(37-2)15-13-23/h4-15,22,27H,3,16-21H2,1-2H3/t27-/m1/s1. The molecular formula is C31H34FN3O2. The lowest BCUT2D eigenvalue weighted by atomic mass is 9.87. The van der Waals surface area contributed by atoms with E-state index >= 15 is 4.39 Å². The van der Waals surface area contributed by atoms with Crippen LogP contribution in [0.5, 0.6) is 5.75 Å². The van der Waals surface area contributed by atoms with Crippen LogP contribution < -0.4 is 4.74 Å². The summed E-state index contributed by atoms with van der Waals surface area (Å²) in [5.41, 5.74) is 3.75. The van der Waals surface area contributed by atoms with E-state index in [0.29, 0.717) is 12.1 Å². The largest absolute Gasteiger partial charge is 0.497 e. The van der Waals surface area contributed by atoms with E-state index in [1.807, 2.05) is 41.3 Å². The van der Waals surface area contributed by atoms with Gasteiger partial charge in [0.15, 0.2) is 0 Å². The molecule has 4 aromatic rings. The average molecular weight is 500 g/mol. The number of amides is 1. The van der Waals surface area contributed by atoms with E-state index in [1.165, 1.54) is 6.07 Å². The summed E-state index contributed by atoms with van der Waals surface area (Å²) in [5.74, 6) is 0.249. The van der Waals surface area contributed by atoms with Gasteiger partial charge in [0.1, 0.15) is 11.6 Å². The summed E-state index contributed by atoms with van der Waals surface area (Å²) in [6, 6.07) is 23.1. The maximum Gasteiger partial charge on any atom is 0.223 e. The number of ether oxygens (including phenoxy) is 1. The van der Waals surface area contributed by atoms with Crippen molar-refractivity contribution in [1.29, 1.82) is 0 Å². The molecule has 5 rings (SSSR count). The van der Waals surface area contributed by atoms with Crippen LogP contribution in [0.25, 0.3) is 10.9 Å². The van der Waals surface area contributed by atoms with Gasteiger partial charge in [0.25, 0.3) is 0 Å². The van der Waals surface area contributed by atoms with Gasteiger partial charge in [-0.2, -0.15) is 0 Å². The second kappa shape index (κ2) is 11.2. The summed E-state index contributed by atoms with van der Waals surface area (Å²) < 4.78 is 22.7. The summed E-state index contributed by atoms with van der Waals surface area (Å²) in [6.07, 6.45) is 2.35. The first kappa shape index (κ1) is 25.0. The molecule has 1 aromatic heterocycles. The Morgan fingerprint density at radius 3 is 2.32 bits per heavy atom. The first-order valence-electron chi connectivity index (χ1n) is 13.0. The lowest BCUT2D eigenvalue weighted by Crippen LogP contribution is -2.48. The molecule has 2 heterocycles. The Labute approximate surface area is 218 Å². The second-order valence-electron chi connectivity index (χ2n) is 9.67. The van der Waals surface area contributed by atoms with Crippen LogP contribution in [-0.4, -0.2) is 60.1 Å². The highest BCUT2D eigenvalue weighted by Crippen LogP contribution is 2.36. The van der Waals surface area contributed by atoms with Gasteiger partial charge in [-0.25, -0.2) is 4.39 Å². The number of nitrogens with zero attached hydrogens (tertiary/aromatic N) is 3. The van der Waals surface area contributed by atoms with Gasteiger partial charge < -0.3 is 19.1 Å². The van der Waals surface area contributed by atoms with Gasteiger partial charge in [-0.15, -0.1) is 0 Å². The molecular weight excluding hydrogens is 465 g/mol. The van der Waals surface area contributed by atoms with E-state index < -0.39 is 0 Å². The molecule has 3 aromatic carbocycles. The van der Waals surface area contributed by atoms with Crippen molar-refractivity contribution in [1.82, 2.24) is 14.4 Å². The second-order valence-corrected chi connectivity index (χ2v) is 9.67. The zero-order valence-electron chi connectivity index (χ0n) is 21.6. The Balaban J connectivity index is 1.51. The fourth-order valence-corrected chi connectivity index (χ4v) is 5.37. The third-order valence-corrected chi connectivity index (χ3v) is 7.54. The van der Waals surface area contributed by atoms with Crippen molar-refractivity contribution in [3.63, 3.8) is 0 Å². The van der Waals surface area contributed by atoms with Crippen molar-refractivity contribution >= 4 is 16.8 Å². The van der Waals surface area contributed by atoms with Gasteiger partial charge in [0.2, 0.25) is 5.91 Å². The SMILES string of the molecule is CCN1CCN(C(=O)C[C@H](c2ccccc2F)c2cn(Cc3ccc(OC)cc3)c3ccccc23)CC1. The van der Waals surface area contributed by atoms with E-state index in [1.54, 1.807) is 13.2 Å². The summed E-state index contributed by atoms with van der Waals surface area (Å²) in [6.45, 7) is 7.01. The number of likely N-dealkylation sites (N-methyl/N-ethyl adjacent to an activating group) is 1. The van der Waals surface area contributed by atoms with Crippen molar-refractivity contribution in [2.45, 2.75) is 25.8 Å². The number of carbonyl (C=O) groups excluding carboxylic acids is 1. The van der Waals surface area contributed by atoms with Crippen LogP contribution >= 0.6 is 0 Å². The molecule has 0 spiro atoms. The average Bonchev–Trinajstić information content (AvgIpc) is 3.30. The van der Waals surface area contributed by atoms with Crippen LogP contribution in [-0.2, 0) is 11.3 Å². The molecule has 0 aliphatic carbocycles. The molecule has 1 atom stereocenters. The molecule has 0 saturated carbocycles. The fourth-order valence-electron chi connectivity index (χ4n) is 5.37. The fraction of sp³-hybridized carbons (Fsp3) is 0.323. The Kier molecular flexibility index (Phi) is 7.56. The number of benzene rings is 3. The Hall–Kier alpha value is -3.64. The van der Waals surface area contributed by atoms with Crippen molar-refractivity contribution in [3.05, 3.63) is 102 Å². The number of para-hydroxylation sites is 1. The van der Waals surface area contributed by atoms with E-state index in [-0.39, 0.29) is 24.1 Å². The predicted octanol–water partition coefficient (Wildman–Crippen LogP) is 5.52. The molecule has 0 N–H and O–H groups in total. The third-order valence-electron chi connectivity index (χ3n) is 7.54. The Morgan fingerprint density at radius 2 is 1.62 bits per heavy atom. The highest BCUT2D eigenvalue weighted by Gasteiger charge is 2.28. The highest BCUT2D eigenvalue weighted by atomic mass is 19.1. The minimum absolute atomic E-state index is 0.0796. The molecule has 1 aliphatic rings. The quantitative estimate of drug-likeness (QED) is 0.320. The van der Waals surface area contributed by atoms with Crippen molar-refractivity contribution in [2.75, 3.05) is 39.8 Å². The summed E-state index contributed by atoms with van der Waals surface area (Å²) in [7, 11) is 1.66. The van der Waals surface area contributed by atoms with Crippen molar-refractivity contribution in [3.8, 4) is 5.75 Å². The number of halogens is 1. The number of fused-ring (bicyclic) bond motifs is 1. The molecule has 1 fully saturated rings. The van der Waals surface area contributed by atoms with Gasteiger partial charge in [-0.3, -0.25) is 4.79 Å². The van der Waals surface area contributed by atoms with Gasteiger partial charge in [-0.05, 0) is 47.5 Å². The number of hydrogen-bond donors (Lipinski definition) is 0. The molecule has 1 saturated heterocycles. The number of rotatable bonds is 8. The van der Waals surface area contributed by atoms with E-state index in [0.717, 1.165) is 60.5 Å². The van der Waals surface area contributed by atoms with Crippen LogP contribution in [0.3, 0.4) is 0 Å². The molecule has 0 bridgehead atoms. The zero-order chi connectivity index (χ0) is 25.8. The van der Waals surface area contributed by atoms with Gasteiger partial charge >= 0.3 is 0 Å². The lowest BCUT2D eigenvalue weighted by Gasteiger charge is -2.35. The zero-order valence-corrected chi connectivity index (χ0v) is 21.6. The number of hydrogen-bond acceptors (Lipinski definition) is 3. The lowest BCUT2D eigenvalue weighted by molar-refractivity contribution is -0.133. The molecule has 5 nitrogen and oxygen atoms in total. The van der Waals surface area contributed by atoms with Crippen LogP contribution in [0.2, 0.25) is 0 Å². The highest BCUT2D eigenvalue weighted by molar-refractivity contribution is 5.87. The maximum atomic E-state index is 15.2. The maximum absolute atomic E-state index is 15.2. The molecule has 1 aliphatic heterocycles. The number of aromatic nitrogens is 1. The molecule has 192 valence electrons. The van der Waals surface area contributed by atoms with E-state index in [2.05, 4.69) is 46.9 Å². The smallest absolute Gasteiger partial charge is 0.223 e. The normalized spacial score (nSPS) is 15.2. The predicted molar refractivity (Wildman–Crippen MR) is 146 cm³/mol. The molecule has 0 unspecified atom stereocenters. The summed E-state index contributed by atoms with van der Waals surface area (Å²) in [5, 5.41) is 1.05. The summed E-state index contributed by atoms with van der Waals surface area (Å²) in [4.78, 5) is 17.8. The molecule has 37 heavy (non-hydrogen) atoms. The Bertz CT molecular complexity index is 1360. The Morgan fingerprint density at radius 1 is 0.919 bits per heavy atom. The monoisotopic (exact) mass is 499 g/mol. The molecule has 6 heteroatoms. The number of carbonyl (C=O) groups is 1. The molecule has 1 amide bonds. The van der Waals surface area contributed by atoms with Crippen LogP contribution in [0.4, 0.5) is 4.39 Å². The first-order valence-corrected chi connectivity index (χ1v) is 13.0. The van der Waals surface area contributed by atoms with Crippen molar-refractivity contribution in [2.24, 2.45) is 0 Å². The van der Waals surface area contributed by atoms with Crippen LogP contribution in [0, 0.1) is 5.82 Å². The topological polar surface area (TPSA) is 37.7 Å². The third kappa shape index (κ3) is 5.39. The number of piperazine rings is 1. The minimum atomic E-state index is -0.375. The van der Waals surface area contributed by atoms with E-state index in [9.17, 15) is 4.79 Å². The van der Waals surface area contributed by atoms with Crippen molar-refractivity contribution < 1.29 is 13.9 Å². The van der Waals surface area contributed by atoms with Gasteiger partial charge in [0.05, 0.1) is 7.11 Å². The van der Waals surface area contributed by atoms with Gasteiger partial charge in [0, 0.05) is 62.2 Å². The van der Waals surface area contributed by atoms with Crippen LogP contribution in [0.1, 0.15) is 36.0 Å². The summed E-state index contributed by atoms with van der Waals surface area (Å²) >= 11 is 0. The van der Waals surface area contributed by atoms with Crippen LogP contribution in [0.15, 0.2) is 79.0 Å². The minimum Gasteiger partial charge on any atom is -0.497 e. The first-order chi connectivity index (χ1) is 18.1. The van der Waals surface area contributed by atoms with Gasteiger partial charge in [-0.1, -0.05) is 55.5 Å². The van der Waals surface area contributed by atoms with E-state index in [4.69, 9.17) is 4.74 Å².